The fraction of sp³-hybridized carbons (Fsp3) is 0.118. The topological polar surface area (TPSA) is 88.0 Å². The highest BCUT2D eigenvalue weighted by atomic mass is 35.5. The van der Waals surface area contributed by atoms with Gasteiger partial charge in [0.25, 0.3) is 5.91 Å². The molecule has 0 aliphatic heterocycles. The number of hydrazone groups is 1. The van der Waals surface area contributed by atoms with E-state index in [2.05, 4.69) is 10.5 Å². The van der Waals surface area contributed by atoms with Gasteiger partial charge in [-0.1, -0.05) is 11.6 Å². The van der Waals surface area contributed by atoms with Gasteiger partial charge in [-0.05, 0) is 61.0 Å². The zero-order valence-corrected chi connectivity index (χ0v) is 13.5. The summed E-state index contributed by atoms with van der Waals surface area (Å²) in [5.74, 6) is -0.948. The van der Waals surface area contributed by atoms with Crippen molar-refractivity contribution in [3.63, 3.8) is 0 Å². The van der Waals surface area contributed by atoms with Crippen molar-refractivity contribution in [1.82, 2.24) is 5.43 Å². The molecule has 2 rings (SSSR count). The number of amides is 1. The Kier molecular flexibility index (Phi) is 5.92. The van der Waals surface area contributed by atoms with E-state index in [4.69, 9.17) is 21.4 Å². The van der Waals surface area contributed by atoms with Crippen LogP contribution in [0.1, 0.15) is 22.8 Å². The van der Waals surface area contributed by atoms with Crippen molar-refractivity contribution < 1.29 is 19.4 Å². The van der Waals surface area contributed by atoms with E-state index in [1.165, 1.54) is 13.1 Å². The van der Waals surface area contributed by atoms with Crippen LogP contribution in [-0.4, -0.2) is 29.3 Å². The summed E-state index contributed by atoms with van der Waals surface area (Å²) in [6.07, 6.45) is 0.543. The van der Waals surface area contributed by atoms with Gasteiger partial charge >= 0.3 is 5.97 Å². The van der Waals surface area contributed by atoms with Gasteiger partial charge in [0, 0.05) is 10.6 Å². The summed E-state index contributed by atoms with van der Waals surface area (Å²) < 4.78 is 5.22. The number of nitrogens with one attached hydrogen (secondary N) is 1. The molecule has 0 saturated carbocycles. The van der Waals surface area contributed by atoms with Crippen molar-refractivity contribution in [1.29, 1.82) is 0 Å². The van der Waals surface area contributed by atoms with E-state index in [-0.39, 0.29) is 5.91 Å². The fourth-order valence-electron chi connectivity index (χ4n) is 1.72. The quantitative estimate of drug-likeness (QED) is 0.621. The van der Waals surface area contributed by atoms with Crippen molar-refractivity contribution in [2.24, 2.45) is 5.10 Å². The van der Waals surface area contributed by atoms with Crippen molar-refractivity contribution in [2.75, 3.05) is 0 Å². The molecule has 2 aromatic carbocycles. The molecule has 0 saturated heterocycles. The van der Waals surface area contributed by atoms with Crippen LogP contribution in [0.15, 0.2) is 53.6 Å². The van der Waals surface area contributed by atoms with E-state index in [1.54, 1.807) is 48.5 Å². The van der Waals surface area contributed by atoms with Crippen LogP contribution in [0.3, 0.4) is 0 Å². The minimum absolute atomic E-state index is 0.349. The van der Waals surface area contributed by atoms with Crippen LogP contribution in [-0.2, 0) is 4.79 Å². The molecule has 0 aliphatic carbocycles. The smallest absolute Gasteiger partial charge is 0.344 e. The molecule has 2 N–H and O–H groups in total. The first-order valence-electron chi connectivity index (χ1n) is 7.04. The lowest BCUT2D eigenvalue weighted by Gasteiger charge is -2.09. The minimum Gasteiger partial charge on any atom is -0.479 e. The number of carbonyl (C=O) groups excluding carboxylic acids is 1. The molecule has 24 heavy (non-hydrogen) atoms. The summed E-state index contributed by atoms with van der Waals surface area (Å²) in [4.78, 5) is 22.6. The number of hydrogen-bond acceptors (Lipinski definition) is 4. The molecule has 0 fully saturated rings. The lowest BCUT2D eigenvalue weighted by molar-refractivity contribution is -0.144. The van der Waals surface area contributed by atoms with Gasteiger partial charge in [-0.2, -0.15) is 5.10 Å². The molecule has 0 aliphatic rings. The number of halogens is 1. The number of aliphatic carboxylic acids is 1. The monoisotopic (exact) mass is 346 g/mol. The number of ether oxygens (including phenoxy) is 1. The first kappa shape index (κ1) is 17.5. The van der Waals surface area contributed by atoms with Crippen LogP contribution in [0.2, 0.25) is 5.02 Å². The molecular formula is C17H15ClN2O4. The predicted octanol–water partition coefficient (Wildman–Crippen LogP) is 2.96. The normalized spacial score (nSPS) is 11.9. The number of hydrogen-bond donors (Lipinski definition) is 2. The van der Waals surface area contributed by atoms with E-state index in [0.717, 1.165) is 5.56 Å². The van der Waals surface area contributed by atoms with Gasteiger partial charge in [-0.25, -0.2) is 10.2 Å². The van der Waals surface area contributed by atoms with Crippen LogP contribution in [0.5, 0.6) is 5.75 Å². The molecule has 0 radical (unpaired) electrons. The number of carboxylic acids is 1. The molecule has 6 nitrogen and oxygen atoms in total. The van der Waals surface area contributed by atoms with E-state index in [0.29, 0.717) is 16.3 Å². The second kappa shape index (κ2) is 8.12. The molecule has 2 aromatic rings. The van der Waals surface area contributed by atoms with Crippen LogP contribution in [0.4, 0.5) is 0 Å². The summed E-state index contributed by atoms with van der Waals surface area (Å²) in [6.45, 7) is 1.45. The van der Waals surface area contributed by atoms with E-state index < -0.39 is 12.1 Å². The highest BCUT2D eigenvalue weighted by Crippen LogP contribution is 2.13. The molecule has 1 atom stereocenters. The number of carbonyl (C=O) groups is 2. The van der Waals surface area contributed by atoms with Gasteiger partial charge in [-0.15, -0.1) is 0 Å². The Hall–Kier alpha value is -2.86. The Morgan fingerprint density at radius 1 is 1.17 bits per heavy atom. The molecular weight excluding hydrogens is 332 g/mol. The zero-order chi connectivity index (χ0) is 17.5. The second-order valence-electron chi connectivity index (χ2n) is 4.87. The third-order valence-corrected chi connectivity index (χ3v) is 3.28. The van der Waals surface area contributed by atoms with Gasteiger partial charge in [0.05, 0.1) is 6.21 Å². The Bertz CT molecular complexity index is 742. The summed E-state index contributed by atoms with van der Waals surface area (Å²) >= 11 is 5.76. The molecule has 1 unspecified atom stereocenters. The molecule has 0 aromatic heterocycles. The van der Waals surface area contributed by atoms with Crippen molar-refractivity contribution in [3.8, 4) is 5.75 Å². The molecule has 0 spiro atoms. The highest BCUT2D eigenvalue weighted by Gasteiger charge is 2.11. The van der Waals surface area contributed by atoms with Crippen LogP contribution in [0.25, 0.3) is 0 Å². The molecule has 124 valence electrons. The average Bonchev–Trinajstić information content (AvgIpc) is 2.56. The number of nitrogens with zero attached hydrogens (tertiary/aromatic N) is 1. The fourth-order valence-corrected chi connectivity index (χ4v) is 1.84. The Morgan fingerprint density at radius 3 is 2.38 bits per heavy atom. The summed E-state index contributed by atoms with van der Waals surface area (Å²) in [5, 5.41) is 13.2. The third-order valence-electron chi connectivity index (χ3n) is 3.03. The molecule has 1 amide bonds. The van der Waals surface area contributed by atoms with Gasteiger partial charge in [0.1, 0.15) is 5.75 Å². The maximum Gasteiger partial charge on any atom is 0.344 e. The highest BCUT2D eigenvalue weighted by molar-refractivity contribution is 6.30. The zero-order valence-electron chi connectivity index (χ0n) is 12.8. The SMILES string of the molecule is CC(Oc1ccc(/C=N/NC(=O)c2ccc(Cl)cc2)cc1)C(=O)O. The Balaban J connectivity index is 1.91. The van der Waals surface area contributed by atoms with E-state index >= 15 is 0 Å². The van der Waals surface area contributed by atoms with Crippen molar-refractivity contribution in [3.05, 3.63) is 64.7 Å². The number of benzene rings is 2. The van der Waals surface area contributed by atoms with Gasteiger partial charge in [0.15, 0.2) is 6.10 Å². The maximum atomic E-state index is 11.8. The van der Waals surface area contributed by atoms with E-state index in [1.807, 2.05) is 0 Å². The first-order chi connectivity index (χ1) is 11.5. The van der Waals surface area contributed by atoms with Crippen LogP contribution >= 0.6 is 11.6 Å². The van der Waals surface area contributed by atoms with E-state index in [9.17, 15) is 9.59 Å². The number of rotatable bonds is 6. The molecule has 0 heterocycles. The largest absolute Gasteiger partial charge is 0.479 e. The Morgan fingerprint density at radius 2 is 1.79 bits per heavy atom. The van der Waals surface area contributed by atoms with Crippen LogP contribution in [0, 0.1) is 0 Å². The van der Waals surface area contributed by atoms with Gasteiger partial charge in [0.2, 0.25) is 0 Å². The average molecular weight is 347 g/mol. The first-order valence-corrected chi connectivity index (χ1v) is 7.42. The van der Waals surface area contributed by atoms with Gasteiger partial charge in [-0.3, -0.25) is 4.79 Å². The van der Waals surface area contributed by atoms with Gasteiger partial charge < -0.3 is 9.84 Å². The summed E-state index contributed by atoms with van der Waals surface area (Å²) in [5.41, 5.74) is 3.58. The maximum absolute atomic E-state index is 11.8. The number of carboxylic acid groups (broad SMARTS) is 1. The van der Waals surface area contributed by atoms with Crippen molar-refractivity contribution in [2.45, 2.75) is 13.0 Å². The second-order valence-corrected chi connectivity index (χ2v) is 5.31. The molecule has 0 bridgehead atoms. The minimum atomic E-state index is -1.04. The third kappa shape index (κ3) is 5.10. The summed E-state index contributed by atoms with van der Waals surface area (Å²) in [6, 6.07) is 13.1. The van der Waals surface area contributed by atoms with Crippen LogP contribution < -0.4 is 10.2 Å². The molecule has 7 heteroatoms. The van der Waals surface area contributed by atoms with Crippen molar-refractivity contribution >= 4 is 29.7 Å². The summed E-state index contributed by atoms with van der Waals surface area (Å²) in [7, 11) is 0. The lowest BCUT2D eigenvalue weighted by atomic mass is 10.2. The standard InChI is InChI=1S/C17H15ClN2O4/c1-11(17(22)23)24-15-8-2-12(3-9-15)10-19-20-16(21)13-4-6-14(18)7-5-13/h2-11H,1H3,(H,20,21)(H,22,23)/b19-10+. The predicted molar refractivity (Wildman–Crippen MR) is 90.7 cm³/mol. The lowest BCUT2D eigenvalue weighted by Crippen LogP contribution is -2.22. The Labute approximate surface area is 143 Å².